The second-order valence-corrected chi connectivity index (χ2v) is 12.4. The van der Waals surface area contributed by atoms with Crippen LogP contribution in [0.3, 0.4) is 0 Å². The number of amides is 3. The summed E-state index contributed by atoms with van der Waals surface area (Å²) in [6, 6.07) is 22.1. The number of rotatable bonds is 5. The van der Waals surface area contributed by atoms with Crippen molar-refractivity contribution in [1.82, 2.24) is 10.2 Å². The zero-order valence-corrected chi connectivity index (χ0v) is 25.0. The number of fused-ring (bicyclic) bond motifs is 3. The van der Waals surface area contributed by atoms with Crippen LogP contribution in [0.25, 0.3) is 10.8 Å². The maximum atomic E-state index is 14.9. The summed E-state index contributed by atoms with van der Waals surface area (Å²) in [5.74, 6) is -1.01. The number of nitrogens with one attached hydrogen (secondary N) is 1. The van der Waals surface area contributed by atoms with E-state index in [2.05, 4.69) is 45.5 Å². The molecule has 1 unspecified atom stereocenters. The maximum absolute atomic E-state index is 14.9. The van der Waals surface area contributed by atoms with Crippen LogP contribution in [0, 0.1) is 17.1 Å². The van der Waals surface area contributed by atoms with Crippen molar-refractivity contribution in [2.45, 2.75) is 37.9 Å². The fourth-order valence-corrected chi connectivity index (χ4v) is 7.38. The van der Waals surface area contributed by atoms with E-state index in [0.717, 1.165) is 48.7 Å². The molecule has 4 aromatic carbocycles. The normalized spacial score (nSPS) is 20.7. The van der Waals surface area contributed by atoms with Crippen molar-refractivity contribution in [1.29, 1.82) is 5.26 Å². The highest BCUT2D eigenvalue weighted by molar-refractivity contribution is 6.27. The van der Waals surface area contributed by atoms with E-state index in [0.29, 0.717) is 35.1 Å². The van der Waals surface area contributed by atoms with E-state index in [-0.39, 0.29) is 30.4 Å². The molecule has 10 heteroatoms. The molecule has 0 aromatic heterocycles. The topological polar surface area (TPSA) is 106 Å². The molecular weight excluding hydrogens is 585 g/mol. The van der Waals surface area contributed by atoms with Gasteiger partial charge in [-0.3, -0.25) is 29.5 Å². The number of carbonyl (C=O) groups excluding carboxylic acids is 3. The zero-order valence-electron chi connectivity index (χ0n) is 25.0. The number of piperazine rings is 1. The molecule has 0 saturated carbocycles. The van der Waals surface area contributed by atoms with Gasteiger partial charge in [0.15, 0.2) is 0 Å². The van der Waals surface area contributed by atoms with Crippen molar-refractivity contribution < 1.29 is 23.5 Å². The van der Waals surface area contributed by atoms with Crippen molar-refractivity contribution in [2.24, 2.45) is 0 Å². The van der Waals surface area contributed by atoms with Gasteiger partial charge in [0.05, 0.1) is 34.6 Å². The van der Waals surface area contributed by atoms with Crippen LogP contribution in [0.1, 0.15) is 45.5 Å². The lowest BCUT2D eigenvalue weighted by atomic mass is 9.95. The smallest absolute Gasteiger partial charge is 0.259 e. The minimum Gasteiger partial charge on any atom is -0.489 e. The van der Waals surface area contributed by atoms with E-state index in [1.807, 2.05) is 30.3 Å². The predicted octanol–water partition coefficient (Wildman–Crippen LogP) is 4.29. The highest BCUT2D eigenvalue weighted by Crippen LogP contribution is 2.42. The van der Waals surface area contributed by atoms with Crippen molar-refractivity contribution in [2.75, 3.05) is 36.0 Å². The van der Waals surface area contributed by atoms with E-state index in [9.17, 15) is 24.0 Å². The number of hydrogen-bond donors (Lipinski definition) is 1. The van der Waals surface area contributed by atoms with Crippen molar-refractivity contribution in [3.05, 3.63) is 100 Å². The lowest BCUT2D eigenvalue weighted by molar-refractivity contribution is -0.134. The van der Waals surface area contributed by atoms with Gasteiger partial charge in [0, 0.05) is 44.1 Å². The van der Waals surface area contributed by atoms with Gasteiger partial charge < -0.3 is 9.64 Å². The van der Waals surface area contributed by atoms with Gasteiger partial charge in [-0.05, 0) is 65.3 Å². The van der Waals surface area contributed by atoms with Crippen molar-refractivity contribution >= 4 is 39.9 Å². The third-order valence-corrected chi connectivity index (χ3v) is 9.60. The maximum Gasteiger partial charge on any atom is 0.259 e. The van der Waals surface area contributed by atoms with Gasteiger partial charge in [-0.2, -0.15) is 5.26 Å². The van der Waals surface area contributed by atoms with Crippen LogP contribution in [0.4, 0.5) is 15.8 Å². The first kappa shape index (κ1) is 28.2. The molecule has 46 heavy (non-hydrogen) atoms. The minimum atomic E-state index is -0.815. The van der Waals surface area contributed by atoms with Crippen LogP contribution in [0.2, 0.25) is 0 Å². The highest BCUT2D eigenvalue weighted by Gasteiger charge is 2.41. The Morgan fingerprint density at radius 2 is 1.76 bits per heavy atom. The number of nitriles is 1. The molecule has 1 N–H and O–H groups in total. The standard InChI is InChI=1S/C36H30FN5O4/c37-25-15-27-24(6-8-30-34(27)28(16-25)36(45)42(30)31-9-10-33(43)39-35(31)44)13-21-1-3-22(4-2-21)18-40-11-12-41-26(19-40)20-46-32-14-23(17-38)5-7-29(32)41/h1-8,14-16,26,31H,9-13,18-20H2,(H,39,43,44)/t26-,31?/m1/s1. The molecule has 4 aromatic rings. The number of halogens is 1. The third-order valence-electron chi connectivity index (χ3n) is 9.60. The molecule has 0 bridgehead atoms. The molecule has 4 heterocycles. The van der Waals surface area contributed by atoms with Gasteiger partial charge >= 0.3 is 0 Å². The molecule has 0 spiro atoms. The zero-order chi connectivity index (χ0) is 31.5. The second kappa shape index (κ2) is 11.0. The van der Waals surface area contributed by atoms with Gasteiger partial charge in [0.1, 0.15) is 24.2 Å². The third kappa shape index (κ3) is 4.75. The molecule has 2 saturated heterocycles. The Balaban J connectivity index is 0.979. The van der Waals surface area contributed by atoms with E-state index in [4.69, 9.17) is 4.74 Å². The van der Waals surface area contributed by atoms with Crippen LogP contribution >= 0.6 is 0 Å². The summed E-state index contributed by atoms with van der Waals surface area (Å²) >= 11 is 0. The lowest BCUT2D eigenvalue weighted by Crippen LogP contribution is -2.56. The molecule has 0 radical (unpaired) electrons. The summed E-state index contributed by atoms with van der Waals surface area (Å²) in [4.78, 5) is 44.0. The monoisotopic (exact) mass is 615 g/mol. The predicted molar refractivity (Wildman–Crippen MR) is 169 cm³/mol. The Hall–Kier alpha value is -5.27. The Morgan fingerprint density at radius 1 is 0.957 bits per heavy atom. The fraction of sp³-hybridized carbons (Fsp3) is 0.278. The summed E-state index contributed by atoms with van der Waals surface area (Å²) in [7, 11) is 0. The Morgan fingerprint density at radius 3 is 2.57 bits per heavy atom. The summed E-state index contributed by atoms with van der Waals surface area (Å²) in [5, 5.41) is 12.8. The Labute approximate surface area is 264 Å². The first-order valence-corrected chi connectivity index (χ1v) is 15.5. The molecular formula is C36H30FN5O4. The van der Waals surface area contributed by atoms with Crippen LogP contribution < -0.4 is 19.9 Å². The number of benzene rings is 4. The van der Waals surface area contributed by atoms with Crippen molar-refractivity contribution in [3.63, 3.8) is 0 Å². The average Bonchev–Trinajstić information content (AvgIpc) is 3.33. The van der Waals surface area contributed by atoms with Crippen molar-refractivity contribution in [3.8, 4) is 11.8 Å². The first-order valence-electron chi connectivity index (χ1n) is 15.5. The molecule has 4 aliphatic rings. The molecule has 8 rings (SSSR count). The largest absolute Gasteiger partial charge is 0.489 e. The van der Waals surface area contributed by atoms with Crippen LogP contribution in [0.5, 0.6) is 5.75 Å². The second-order valence-electron chi connectivity index (χ2n) is 12.4. The number of imide groups is 1. The van der Waals surface area contributed by atoms with Crippen LogP contribution in [-0.2, 0) is 22.6 Å². The van der Waals surface area contributed by atoms with Gasteiger partial charge in [0.25, 0.3) is 5.91 Å². The first-order chi connectivity index (χ1) is 22.4. The minimum absolute atomic E-state index is 0.146. The van der Waals surface area contributed by atoms with Crippen LogP contribution in [0.15, 0.2) is 66.7 Å². The molecule has 2 atom stereocenters. The summed E-state index contributed by atoms with van der Waals surface area (Å²) in [6.45, 7) is 4.08. The van der Waals surface area contributed by atoms with Gasteiger partial charge in [0.2, 0.25) is 11.8 Å². The number of carbonyl (C=O) groups is 3. The molecule has 2 fully saturated rings. The van der Waals surface area contributed by atoms with E-state index in [1.54, 1.807) is 0 Å². The quantitative estimate of drug-likeness (QED) is 0.334. The summed E-state index contributed by atoms with van der Waals surface area (Å²) < 4.78 is 20.9. The molecule has 230 valence electrons. The molecule has 4 aliphatic heterocycles. The van der Waals surface area contributed by atoms with Gasteiger partial charge in [-0.1, -0.05) is 30.3 Å². The van der Waals surface area contributed by atoms with Gasteiger partial charge in [-0.15, -0.1) is 0 Å². The Bertz CT molecular complexity index is 1990. The van der Waals surface area contributed by atoms with Gasteiger partial charge in [-0.25, -0.2) is 4.39 Å². The molecule has 0 aliphatic carbocycles. The molecule has 9 nitrogen and oxygen atoms in total. The summed E-state index contributed by atoms with van der Waals surface area (Å²) in [5.41, 5.74) is 5.62. The highest BCUT2D eigenvalue weighted by atomic mass is 19.1. The number of anilines is 2. The average molecular weight is 616 g/mol. The summed E-state index contributed by atoms with van der Waals surface area (Å²) in [6.07, 6.45) is 0.926. The molecule has 3 amide bonds. The number of ether oxygens (including phenoxy) is 1. The SMILES string of the molecule is N#Cc1ccc2c(c1)OC[C@H]1CN(Cc3ccc(Cc4ccc5c6c(cc(F)cc46)C(=O)N5C4CCC(=O)NC4=O)cc3)CCN21. The Kier molecular flexibility index (Phi) is 6.73. The van der Waals surface area contributed by atoms with E-state index >= 15 is 0 Å². The number of nitrogens with zero attached hydrogens (tertiary/aromatic N) is 4. The van der Waals surface area contributed by atoms with Crippen LogP contribution in [-0.4, -0.2) is 60.9 Å². The van der Waals surface area contributed by atoms with E-state index < -0.39 is 23.7 Å². The van der Waals surface area contributed by atoms with E-state index in [1.165, 1.54) is 22.6 Å². The fourth-order valence-electron chi connectivity index (χ4n) is 7.38. The number of piperidine rings is 1. The lowest BCUT2D eigenvalue weighted by Gasteiger charge is -2.45. The number of hydrogen-bond acceptors (Lipinski definition) is 7.